The van der Waals surface area contributed by atoms with E-state index in [0.29, 0.717) is 0 Å². The molecule has 22 heavy (non-hydrogen) atoms. The third-order valence-corrected chi connectivity index (χ3v) is 4.83. The summed E-state index contributed by atoms with van der Waals surface area (Å²) in [5.41, 5.74) is 1.53. The molecule has 0 bridgehead atoms. The summed E-state index contributed by atoms with van der Waals surface area (Å²) in [4.78, 5) is 0. The SMILES string of the molecule is C[C@H](c1ccccc1)n1cc(B2OC(C)(C)C(C)(C)O2)cn1. The molecule has 1 atom stereocenters. The molecule has 0 unspecified atom stereocenters. The Labute approximate surface area is 132 Å². The molecule has 1 fully saturated rings. The minimum absolute atomic E-state index is 0.178. The molecule has 1 saturated heterocycles. The van der Waals surface area contributed by atoms with Crippen LogP contribution in [0.4, 0.5) is 0 Å². The highest BCUT2D eigenvalue weighted by atomic mass is 16.7. The molecular formula is C17H23BN2O2. The van der Waals surface area contributed by atoms with E-state index in [1.807, 2.05) is 35.3 Å². The van der Waals surface area contributed by atoms with Gasteiger partial charge in [-0.25, -0.2) is 0 Å². The number of benzene rings is 1. The van der Waals surface area contributed by atoms with Crippen LogP contribution in [-0.4, -0.2) is 28.1 Å². The molecule has 2 heterocycles. The monoisotopic (exact) mass is 298 g/mol. The summed E-state index contributed by atoms with van der Waals surface area (Å²) in [6.07, 6.45) is 3.85. The summed E-state index contributed by atoms with van der Waals surface area (Å²) in [7, 11) is -0.360. The van der Waals surface area contributed by atoms with Crippen molar-refractivity contribution in [3.63, 3.8) is 0 Å². The van der Waals surface area contributed by atoms with Crippen molar-refractivity contribution in [3.05, 3.63) is 48.3 Å². The summed E-state index contributed by atoms with van der Waals surface area (Å²) in [6, 6.07) is 10.5. The molecule has 0 spiro atoms. The highest BCUT2D eigenvalue weighted by Crippen LogP contribution is 2.36. The summed E-state index contributed by atoms with van der Waals surface area (Å²) >= 11 is 0. The van der Waals surface area contributed by atoms with Crippen molar-refractivity contribution in [1.82, 2.24) is 9.78 Å². The summed E-state index contributed by atoms with van der Waals surface area (Å²) in [5.74, 6) is 0. The second-order valence-electron chi connectivity index (χ2n) is 6.93. The lowest BCUT2D eigenvalue weighted by molar-refractivity contribution is 0.00578. The van der Waals surface area contributed by atoms with Crippen LogP contribution in [-0.2, 0) is 9.31 Å². The van der Waals surface area contributed by atoms with Crippen molar-refractivity contribution in [2.45, 2.75) is 51.9 Å². The summed E-state index contributed by atoms with van der Waals surface area (Å²) in [6.45, 7) is 10.4. The van der Waals surface area contributed by atoms with Gasteiger partial charge in [-0.3, -0.25) is 4.68 Å². The fraction of sp³-hybridized carbons (Fsp3) is 0.471. The lowest BCUT2D eigenvalue weighted by Crippen LogP contribution is -2.41. The van der Waals surface area contributed by atoms with Crippen LogP contribution in [0, 0.1) is 0 Å². The molecular weight excluding hydrogens is 275 g/mol. The Balaban J connectivity index is 1.81. The second-order valence-corrected chi connectivity index (χ2v) is 6.93. The van der Waals surface area contributed by atoms with E-state index in [4.69, 9.17) is 9.31 Å². The van der Waals surface area contributed by atoms with Gasteiger partial charge in [0, 0.05) is 17.9 Å². The molecule has 0 aliphatic carbocycles. The van der Waals surface area contributed by atoms with Gasteiger partial charge in [0.1, 0.15) is 0 Å². The van der Waals surface area contributed by atoms with E-state index >= 15 is 0 Å². The number of rotatable bonds is 3. The Morgan fingerprint density at radius 2 is 1.64 bits per heavy atom. The third kappa shape index (κ3) is 2.59. The van der Waals surface area contributed by atoms with Crippen molar-refractivity contribution in [2.24, 2.45) is 0 Å². The maximum atomic E-state index is 6.07. The van der Waals surface area contributed by atoms with Crippen LogP contribution in [0.3, 0.4) is 0 Å². The van der Waals surface area contributed by atoms with Crippen molar-refractivity contribution in [3.8, 4) is 0 Å². The van der Waals surface area contributed by atoms with Gasteiger partial charge in [0.2, 0.25) is 0 Å². The van der Waals surface area contributed by atoms with Crippen LogP contribution in [0.1, 0.15) is 46.2 Å². The van der Waals surface area contributed by atoms with Gasteiger partial charge in [-0.15, -0.1) is 0 Å². The number of hydrogen-bond donors (Lipinski definition) is 0. The minimum atomic E-state index is -0.360. The zero-order valence-electron chi connectivity index (χ0n) is 13.9. The van der Waals surface area contributed by atoms with Crippen LogP contribution >= 0.6 is 0 Å². The maximum absolute atomic E-state index is 6.07. The van der Waals surface area contributed by atoms with Crippen molar-refractivity contribution in [1.29, 1.82) is 0 Å². The van der Waals surface area contributed by atoms with Crippen LogP contribution in [0.5, 0.6) is 0 Å². The molecule has 0 amide bonds. The van der Waals surface area contributed by atoms with Gasteiger partial charge >= 0.3 is 7.12 Å². The average molecular weight is 298 g/mol. The van der Waals surface area contributed by atoms with Gasteiger partial charge < -0.3 is 9.31 Å². The first-order chi connectivity index (χ1) is 10.3. The standard InChI is InChI=1S/C17H23BN2O2/c1-13(14-9-7-6-8-10-14)20-12-15(11-19-20)18-21-16(2,3)17(4,5)22-18/h6-13H,1-5H3/t13-/m1/s1. The fourth-order valence-corrected chi connectivity index (χ4v) is 2.55. The Bertz CT molecular complexity index is 636. The van der Waals surface area contributed by atoms with E-state index in [-0.39, 0.29) is 24.4 Å². The fourth-order valence-electron chi connectivity index (χ4n) is 2.55. The van der Waals surface area contributed by atoms with Crippen LogP contribution in [0.15, 0.2) is 42.7 Å². The van der Waals surface area contributed by atoms with Gasteiger partial charge in [-0.2, -0.15) is 5.10 Å². The smallest absolute Gasteiger partial charge is 0.399 e. The second kappa shape index (κ2) is 5.25. The third-order valence-electron chi connectivity index (χ3n) is 4.83. The van der Waals surface area contributed by atoms with E-state index in [2.05, 4.69) is 51.9 Å². The Morgan fingerprint density at radius 1 is 1.05 bits per heavy atom. The molecule has 3 rings (SSSR count). The quantitative estimate of drug-likeness (QED) is 0.818. The lowest BCUT2D eigenvalue weighted by Gasteiger charge is -2.32. The minimum Gasteiger partial charge on any atom is -0.399 e. The highest BCUT2D eigenvalue weighted by Gasteiger charge is 2.52. The van der Waals surface area contributed by atoms with Gasteiger partial charge in [-0.1, -0.05) is 30.3 Å². The molecule has 116 valence electrons. The van der Waals surface area contributed by atoms with Crippen molar-refractivity contribution < 1.29 is 9.31 Å². The van der Waals surface area contributed by atoms with E-state index in [0.717, 1.165) is 5.46 Å². The van der Waals surface area contributed by atoms with Gasteiger partial charge in [-0.05, 0) is 40.2 Å². The Hall–Kier alpha value is -1.59. The van der Waals surface area contributed by atoms with E-state index in [9.17, 15) is 0 Å². The topological polar surface area (TPSA) is 36.3 Å². The molecule has 5 heteroatoms. The molecule has 0 N–H and O–H groups in total. The van der Waals surface area contributed by atoms with Crippen LogP contribution < -0.4 is 5.46 Å². The van der Waals surface area contributed by atoms with Gasteiger partial charge in [0.25, 0.3) is 0 Å². The number of nitrogens with zero attached hydrogens (tertiary/aromatic N) is 2. The van der Waals surface area contributed by atoms with Crippen molar-refractivity contribution >= 4 is 12.6 Å². The van der Waals surface area contributed by atoms with Gasteiger partial charge in [0.05, 0.1) is 17.2 Å². The first kappa shape index (κ1) is 15.3. The normalized spacial score (nSPS) is 21.0. The molecule has 1 aliphatic heterocycles. The maximum Gasteiger partial charge on any atom is 0.498 e. The molecule has 1 aliphatic rings. The molecule has 1 aromatic heterocycles. The van der Waals surface area contributed by atoms with E-state index in [1.54, 1.807) is 0 Å². The highest BCUT2D eigenvalue weighted by molar-refractivity contribution is 6.62. The molecule has 2 aromatic rings. The first-order valence-electron chi connectivity index (χ1n) is 7.75. The zero-order valence-corrected chi connectivity index (χ0v) is 13.9. The van der Waals surface area contributed by atoms with Crippen molar-refractivity contribution in [2.75, 3.05) is 0 Å². The molecule has 0 radical (unpaired) electrons. The average Bonchev–Trinajstić information content (AvgIpc) is 3.03. The zero-order chi connectivity index (χ0) is 16.0. The Morgan fingerprint density at radius 3 is 2.23 bits per heavy atom. The lowest BCUT2D eigenvalue weighted by atomic mass is 9.82. The van der Waals surface area contributed by atoms with Gasteiger partial charge in [0.15, 0.2) is 0 Å². The number of hydrogen-bond acceptors (Lipinski definition) is 3. The largest absolute Gasteiger partial charge is 0.498 e. The molecule has 4 nitrogen and oxygen atoms in total. The summed E-state index contributed by atoms with van der Waals surface area (Å²) < 4.78 is 14.1. The van der Waals surface area contributed by atoms with Crippen LogP contribution in [0.25, 0.3) is 0 Å². The summed E-state index contributed by atoms with van der Waals surface area (Å²) in [5, 5.41) is 4.49. The van der Waals surface area contributed by atoms with E-state index < -0.39 is 0 Å². The predicted octanol–water partition coefficient (Wildman–Crippen LogP) is 2.79. The molecule has 1 aromatic carbocycles. The predicted molar refractivity (Wildman–Crippen MR) is 88.2 cm³/mol. The first-order valence-corrected chi connectivity index (χ1v) is 7.75. The number of aromatic nitrogens is 2. The Kier molecular flexibility index (Phi) is 3.65. The van der Waals surface area contributed by atoms with Crippen LogP contribution in [0.2, 0.25) is 0 Å². The van der Waals surface area contributed by atoms with E-state index in [1.165, 1.54) is 5.56 Å². The molecule has 0 saturated carbocycles.